The molecular weight excluding hydrogens is 295 g/mol. The zero-order chi connectivity index (χ0) is 15.9. The lowest BCUT2D eigenvalue weighted by molar-refractivity contribution is 0.150. The van der Waals surface area contributed by atoms with Crippen LogP contribution in [0.4, 0.5) is 4.39 Å². The minimum Gasteiger partial charge on any atom is -0.494 e. The monoisotopic (exact) mass is 318 g/mol. The van der Waals surface area contributed by atoms with Crippen LogP contribution in [0.3, 0.4) is 0 Å². The van der Waals surface area contributed by atoms with Crippen LogP contribution >= 0.6 is 0 Å². The highest BCUT2D eigenvalue weighted by molar-refractivity contribution is 5.21. The molecule has 0 amide bonds. The Morgan fingerprint density at radius 1 is 1.26 bits per heavy atom. The third kappa shape index (κ3) is 5.03. The highest BCUT2D eigenvalue weighted by Gasteiger charge is 2.20. The Morgan fingerprint density at radius 2 is 2.13 bits per heavy atom. The second kappa shape index (κ2) is 8.06. The van der Waals surface area contributed by atoms with Gasteiger partial charge in [-0.3, -0.25) is 4.68 Å². The predicted molar refractivity (Wildman–Crippen MR) is 85.7 cm³/mol. The summed E-state index contributed by atoms with van der Waals surface area (Å²) in [6.07, 6.45) is 6.84. The van der Waals surface area contributed by atoms with Gasteiger partial charge in [-0.1, -0.05) is 0 Å². The van der Waals surface area contributed by atoms with E-state index in [2.05, 4.69) is 15.0 Å². The number of rotatable bonds is 7. The van der Waals surface area contributed by atoms with Crippen molar-refractivity contribution in [2.45, 2.75) is 25.8 Å². The topological polar surface area (TPSA) is 43.2 Å². The summed E-state index contributed by atoms with van der Waals surface area (Å²) < 4.78 is 20.4. The molecule has 0 N–H and O–H groups in total. The van der Waals surface area contributed by atoms with Crippen LogP contribution in [0.1, 0.15) is 19.3 Å². The zero-order valence-electron chi connectivity index (χ0n) is 13.3. The molecule has 1 unspecified atom stereocenters. The first-order valence-corrected chi connectivity index (χ1v) is 8.23. The van der Waals surface area contributed by atoms with E-state index in [0.29, 0.717) is 12.5 Å². The molecule has 1 atom stereocenters. The van der Waals surface area contributed by atoms with E-state index in [4.69, 9.17) is 4.74 Å². The van der Waals surface area contributed by atoms with E-state index in [-0.39, 0.29) is 5.82 Å². The summed E-state index contributed by atoms with van der Waals surface area (Å²) in [6, 6.07) is 6.19. The minimum atomic E-state index is -0.232. The third-order valence-electron chi connectivity index (χ3n) is 4.22. The summed E-state index contributed by atoms with van der Waals surface area (Å²) in [5, 5.41) is 4.19. The molecule has 1 aromatic carbocycles. The average molecular weight is 318 g/mol. The van der Waals surface area contributed by atoms with Crippen molar-refractivity contribution in [3.8, 4) is 5.75 Å². The average Bonchev–Trinajstić information content (AvgIpc) is 3.07. The normalized spacial score (nSPS) is 18.9. The number of ether oxygens (including phenoxy) is 1. The molecule has 0 spiro atoms. The summed E-state index contributed by atoms with van der Waals surface area (Å²) in [6.45, 7) is 4.91. The van der Waals surface area contributed by atoms with Crippen LogP contribution in [-0.4, -0.2) is 45.9 Å². The molecule has 2 heterocycles. The molecule has 0 radical (unpaired) electrons. The van der Waals surface area contributed by atoms with Gasteiger partial charge in [-0.05, 0) is 56.0 Å². The van der Waals surface area contributed by atoms with Gasteiger partial charge in [0.05, 0.1) is 6.61 Å². The van der Waals surface area contributed by atoms with Crippen molar-refractivity contribution < 1.29 is 9.13 Å². The predicted octanol–water partition coefficient (Wildman–Crippen LogP) is 2.60. The summed E-state index contributed by atoms with van der Waals surface area (Å²) in [5.41, 5.74) is 0. The lowest BCUT2D eigenvalue weighted by Gasteiger charge is -2.32. The van der Waals surface area contributed by atoms with E-state index in [1.165, 1.54) is 25.0 Å². The molecule has 1 fully saturated rings. The van der Waals surface area contributed by atoms with Gasteiger partial charge in [0.25, 0.3) is 0 Å². The number of hydrogen-bond donors (Lipinski definition) is 0. The summed E-state index contributed by atoms with van der Waals surface area (Å²) in [7, 11) is 0. The van der Waals surface area contributed by atoms with Gasteiger partial charge in [-0.15, -0.1) is 0 Å². The number of likely N-dealkylation sites (tertiary alicyclic amines) is 1. The van der Waals surface area contributed by atoms with Gasteiger partial charge in [-0.2, -0.15) is 5.10 Å². The standard InChI is InChI=1S/C17H23FN4O/c18-16-4-6-17(7-5-16)23-10-2-9-21-8-1-3-15(11-21)12-22-14-19-13-20-22/h4-7,13-15H,1-3,8-12H2. The van der Waals surface area contributed by atoms with Gasteiger partial charge < -0.3 is 9.64 Å². The maximum atomic E-state index is 12.8. The van der Waals surface area contributed by atoms with E-state index in [0.717, 1.165) is 38.3 Å². The Bertz CT molecular complexity index is 573. The molecule has 1 aromatic heterocycles. The first kappa shape index (κ1) is 15.9. The van der Waals surface area contributed by atoms with E-state index in [1.54, 1.807) is 24.8 Å². The van der Waals surface area contributed by atoms with Crippen molar-refractivity contribution in [2.24, 2.45) is 5.92 Å². The van der Waals surface area contributed by atoms with Crippen LogP contribution in [0.5, 0.6) is 5.75 Å². The summed E-state index contributed by atoms with van der Waals surface area (Å²) in [4.78, 5) is 6.50. The molecule has 0 saturated carbocycles. The van der Waals surface area contributed by atoms with E-state index >= 15 is 0 Å². The first-order valence-electron chi connectivity index (χ1n) is 8.23. The summed E-state index contributed by atoms with van der Waals surface area (Å²) >= 11 is 0. The SMILES string of the molecule is Fc1ccc(OCCCN2CCCC(Cn3cncn3)C2)cc1. The number of aromatic nitrogens is 3. The van der Waals surface area contributed by atoms with Crippen molar-refractivity contribution in [3.05, 3.63) is 42.7 Å². The number of nitrogens with zero attached hydrogens (tertiary/aromatic N) is 4. The fourth-order valence-electron chi connectivity index (χ4n) is 3.10. The summed E-state index contributed by atoms with van der Waals surface area (Å²) in [5.74, 6) is 1.14. The van der Waals surface area contributed by atoms with E-state index < -0.39 is 0 Å². The third-order valence-corrected chi connectivity index (χ3v) is 4.22. The lowest BCUT2D eigenvalue weighted by atomic mass is 9.98. The van der Waals surface area contributed by atoms with Crippen molar-refractivity contribution >= 4 is 0 Å². The van der Waals surface area contributed by atoms with Gasteiger partial charge in [0.2, 0.25) is 0 Å². The van der Waals surface area contributed by atoms with E-state index in [1.807, 2.05) is 4.68 Å². The number of benzene rings is 1. The van der Waals surface area contributed by atoms with Crippen molar-refractivity contribution in [2.75, 3.05) is 26.2 Å². The molecule has 6 heteroatoms. The van der Waals surface area contributed by atoms with Crippen LogP contribution in [0, 0.1) is 11.7 Å². The Morgan fingerprint density at radius 3 is 2.91 bits per heavy atom. The maximum Gasteiger partial charge on any atom is 0.137 e. The van der Waals surface area contributed by atoms with E-state index in [9.17, 15) is 4.39 Å². The largest absolute Gasteiger partial charge is 0.494 e. The number of halogens is 1. The van der Waals surface area contributed by atoms with Crippen molar-refractivity contribution in [1.29, 1.82) is 0 Å². The van der Waals surface area contributed by atoms with Gasteiger partial charge >= 0.3 is 0 Å². The Hall–Kier alpha value is -1.95. The van der Waals surface area contributed by atoms with Crippen LogP contribution < -0.4 is 4.74 Å². The van der Waals surface area contributed by atoms with Crippen LogP contribution in [0.2, 0.25) is 0 Å². The van der Waals surface area contributed by atoms with Gasteiger partial charge in [0, 0.05) is 19.6 Å². The molecule has 3 rings (SSSR count). The maximum absolute atomic E-state index is 12.8. The molecule has 23 heavy (non-hydrogen) atoms. The van der Waals surface area contributed by atoms with Gasteiger partial charge in [0.15, 0.2) is 0 Å². The lowest BCUT2D eigenvalue weighted by Crippen LogP contribution is -2.38. The Labute approximate surface area is 136 Å². The Balaban J connectivity index is 1.35. The molecule has 0 bridgehead atoms. The van der Waals surface area contributed by atoms with Gasteiger partial charge in [0.1, 0.15) is 24.2 Å². The first-order chi connectivity index (χ1) is 11.3. The number of piperidine rings is 1. The molecule has 2 aromatic rings. The van der Waals surface area contributed by atoms with Crippen molar-refractivity contribution in [3.63, 3.8) is 0 Å². The molecule has 5 nitrogen and oxygen atoms in total. The second-order valence-electron chi connectivity index (χ2n) is 6.08. The van der Waals surface area contributed by atoms with Crippen LogP contribution in [-0.2, 0) is 6.54 Å². The molecule has 1 aliphatic rings. The molecule has 1 saturated heterocycles. The van der Waals surface area contributed by atoms with Crippen LogP contribution in [0.25, 0.3) is 0 Å². The quantitative estimate of drug-likeness (QED) is 0.736. The van der Waals surface area contributed by atoms with Crippen molar-refractivity contribution in [1.82, 2.24) is 19.7 Å². The number of hydrogen-bond acceptors (Lipinski definition) is 4. The molecule has 0 aliphatic carbocycles. The highest BCUT2D eigenvalue weighted by atomic mass is 19.1. The minimum absolute atomic E-state index is 0.232. The Kier molecular flexibility index (Phi) is 5.58. The highest BCUT2D eigenvalue weighted by Crippen LogP contribution is 2.18. The smallest absolute Gasteiger partial charge is 0.137 e. The zero-order valence-corrected chi connectivity index (χ0v) is 13.3. The fourth-order valence-corrected chi connectivity index (χ4v) is 3.10. The molecular formula is C17H23FN4O. The van der Waals surface area contributed by atoms with Gasteiger partial charge in [-0.25, -0.2) is 9.37 Å². The molecule has 1 aliphatic heterocycles. The molecule has 124 valence electrons. The second-order valence-corrected chi connectivity index (χ2v) is 6.08. The van der Waals surface area contributed by atoms with Crippen LogP contribution in [0.15, 0.2) is 36.9 Å². The fraction of sp³-hybridized carbons (Fsp3) is 0.529.